The van der Waals surface area contributed by atoms with Gasteiger partial charge in [0.15, 0.2) is 0 Å². The van der Waals surface area contributed by atoms with Gasteiger partial charge >= 0.3 is 0 Å². The fraction of sp³-hybridized carbons (Fsp3) is 0.350. The first-order valence-corrected chi connectivity index (χ1v) is 8.35. The van der Waals surface area contributed by atoms with Gasteiger partial charge in [-0.1, -0.05) is 12.1 Å². The number of nitriles is 1. The second kappa shape index (κ2) is 7.46. The Hall–Kier alpha value is -2.38. The van der Waals surface area contributed by atoms with E-state index in [1.165, 1.54) is 17.8 Å². The average Bonchev–Trinajstić information content (AvgIpc) is 2.64. The molecule has 2 aromatic carbocycles. The normalized spacial score (nSPS) is 15.5. The molecule has 3 rings (SSSR count). The van der Waals surface area contributed by atoms with Crippen molar-refractivity contribution in [2.24, 2.45) is 0 Å². The van der Waals surface area contributed by atoms with Crippen molar-refractivity contribution < 1.29 is 4.39 Å². The molecule has 0 saturated carbocycles. The average molecular weight is 323 g/mol. The van der Waals surface area contributed by atoms with Crippen LogP contribution < -0.4 is 4.90 Å². The molecule has 0 aliphatic carbocycles. The van der Waals surface area contributed by atoms with Crippen molar-refractivity contribution >= 4 is 5.69 Å². The summed E-state index contributed by atoms with van der Waals surface area (Å²) in [6, 6.07) is 17.3. The highest BCUT2D eigenvalue weighted by Gasteiger charge is 2.22. The molecule has 0 unspecified atom stereocenters. The number of hydrogen-bond acceptors (Lipinski definition) is 3. The number of benzene rings is 2. The van der Waals surface area contributed by atoms with Crippen LogP contribution in [0.25, 0.3) is 0 Å². The third kappa shape index (κ3) is 3.93. The second-order valence-corrected chi connectivity index (χ2v) is 6.42. The van der Waals surface area contributed by atoms with Crippen molar-refractivity contribution in [2.75, 3.05) is 25.0 Å². The summed E-state index contributed by atoms with van der Waals surface area (Å²) in [5.74, 6) is -0.183. The van der Waals surface area contributed by atoms with Crippen LogP contribution in [0.4, 0.5) is 10.1 Å². The third-order valence-corrected chi connectivity index (χ3v) is 4.79. The molecule has 1 aliphatic heterocycles. The molecule has 1 aliphatic rings. The van der Waals surface area contributed by atoms with E-state index in [0.717, 1.165) is 38.0 Å². The molecule has 4 heteroatoms. The number of anilines is 1. The number of piperidine rings is 1. The van der Waals surface area contributed by atoms with E-state index < -0.39 is 0 Å². The number of nitrogens with zero attached hydrogens (tertiary/aromatic N) is 3. The van der Waals surface area contributed by atoms with Gasteiger partial charge in [0.25, 0.3) is 0 Å². The Bertz CT molecular complexity index is 695. The maximum absolute atomic E-state index is 13.0. The summed E-state index contributed by atoms with van der Waals surface area (Å²) >= 11 is 0. The van der Waals surface area contributed by atoms with Gasteiger partial charge in [-0.3, -0.25) is 4.90 Å². The Balaban J connectivity index is 1.54. The fourth-order valence-electron chi connectivity index (χ4n) is 3.32. The Morgan fingerprint density at radius 2 is 1.71 bits per heavy atom. The molecule has 24 heavy (non-hydrogen) atoms. The first-order valence-electron chi connectivity index (χ1n) is 8.35. The van der Waals surface area contributed by atoms with E-state index in [4.69, 9.17) is 5.26 Å². The standard InChI is InChI=1S/C20H22FN3/c1-23(15-17-2-6-18(21)7-3-17)19-10-12-24(13-11-19)20-8-4-16(14-22)5-9-20/h2-9,19H,10-13,15H2,1H3. The second-order valence-electron chi connectivity index (χ2n) is 6.42. The molecule has 0 aromatic heterocycles. The largest absolute Gasteiger partial charge is 0.371 e. The summed E-state index contributed by atoms with van der Waals surface area (Å²) in [5, 5.41) is 8.88. The van der Waals surface area contributed by atoms with E-state index in [9.17, 15) is 4.39 Å². The van der Waals surface area contributed by atoms with Gasteiger partial charge in [-0.05, 0) is 61.9 Å². The summed E-state index contributed by atoms with van der Waals surface area (Å²) in [6.07, 6.45) is 2.22. The van der Waals surface area contributed by atoms with Gasteiger partial charge < -0.3 is 4.90 Å². The monoisotopic (exact) mass is 323 g/mol. The van der Waals surface area contributed by atoms with Gasteiger partial charge in [0.1, 0.15) is 5.82 Å². The van der Waals surface area contributed by atoms with Gasteiger partial charge in [0.05, 0.1) is 11.6 Å². The Kier molecular flexibility index (Phi) is 5.12. The van der Waals surface area contributed by atoms with E-state index >= 15 is 0 Å². The molecule has 0 bridgehead atoms. The molecule has 1 saturated heterocycles. The smallest absolute Gasteiger partial charge is 0.123 e. The van der Waals surface area contributed by atoms with Gasteiger partial charge in [-0.15, -0.1) is 0 Å². The highest BCUT2D eigenvalue weighted by Crippen LogP contribution is 2.23. The van der Waals surface area contributed by atoms with Crippen LogP contribution in [0.5, 0.6) is 0 Å². The van der Waals surface area contributed by atoms with Crippen LogP contribution in [0.2, 0.25) is 0 Å². The minimum absolute atomic E-state index is 0.183. The van der Waals surface area contributed by atoms with Crippen LogP contribution in [0.3, 0.4) is 0 Å². The SMILES string of the molecule is CN(Cc1ccc(F)cc1)C1CCN(c2ccc(C#N)cc2)CC1. The first-order chi connectivity index (χ1) is 11.7. The lowest BCUT2D eigenvalue weighted by Gasteiger charge is -2.38. The number of rotatable bonds is 4. The van der Waals surface area contributed by atoms with E-state index in [1.807, 2.05) is 36.4 Å². The predicted octanol–water partition coefficient (Wildman–Crippen LogP) is 3.80. The molecule has 1 fully saturated rings. The van der Waals surface area contributed by atoms with E-state index in [1.54, 1.807) is 0 Å². The topological polar surface area (TPSA) is 30.3 Å². The van der Waals surface area contributed by atoms with Crippen LogP contribution in [-0.4, -0.2) is 31.1 Å². The predicted molar refractivity (Wildman–Crippen MR) is 94.3 cm³/mol. The molecule has 1 heterocycles. The summed E-state index contributed by atoms with van der Waals surface area (Å²) in [7, 11) is 2.14. The summed E-state index contributed by atoms with van der Waals surface area (Å²) in [6.45, 7) is 2.89. The summed E-state index contributed by atoms with van der Waals surface area (Å²) in [4.78, 5) is 4.74. The van der Waals surface area contributed by atoms with Gasteiger partial charge in [-0.25, -0.2) is 4.39 Å². The van der Waals surface area contributed by atoms with Gasteiger partial charge in [0.2, 0.25) is 0 Å². The molecule has 0 radical (unpaired) electrons. The molecular formula is C20H22FN3. The minimum atomic E-state index is -0.183. The zero-order valence-electron chi connectivity index (χ0n) is 14.0. The van der Waals surface area contributed by atoms with Crippen LogP contribution in [-0.2, 0) is 6.54 Å². The molecule has 124 valence electrons. The van der Waals surface area contributed by atoms with E-state index in [-0.39, 0.29) is 5.82 Å². The molecule has 0 atom stereocenters. The zero-order valence-corrected chi connectivity index (χ0v) is 14.0. The lowest BCUT2D eigenvalue weighted by atomic mass is 10.0. The van der Waals surface area contributed by atoms with Crippen LogP contribution >= 0.6 is 0 Å². The number of halogens is 1. The summed E-state index contributed by atoms with van der Waals surface area (Å²) in [5.41, 5.74) is 3.04. The third-order valence-electron chi connectivity index (χ3n) is 4.79. The quantitative estimate of drug-likeness (QED) is 0.857. The van der Waals surface area contributed by atoms with Crippen LogP contribution in [0, 0.1) is 17.1 Å². The van der Waals surface area contributed by atoms with Gasteiger partial charge in [-0.2, -0.15) is 5.26 Å². The van der Waals surface area contributed by atoms with Crippen molar-refractivity contribution in [2.45, 2.75) is 25.4 Å². The lowest BCUT2D eigenvalue weighted by molar-refractivity contribution is 0.200. The van der Waals surface area contributed by atoms with E-state index in [0.29, 0.717) is 11.6 Å². The molecule has 0 spiro atoms. The van der Waals surface area contributed by atoms with Crippen molar-refractivity contribution in [3.05, 3.63) is 65.5 Å². The van der Waals surface area contributed by atoms with Crippen molar-refractivity contribution in [3.63, 3.8) is 0 Å². The van der Waals surface area contributed by atoms with Crippen molar-refractivity contribution in [3.8, 4) is 6.07 Å². The van der Waals surface area contributed by atoms with Crippen molar-refractivity contribution in [1.82, 2.24) is 4.90 Å². The first kappa shape index (κ1) is 16.5. The highest BCUT2D eigenvalue weighted by atomic mass is 19.1. The number of hydrogen-bond donors (Lipinski definition) is 0. The summed E-state index contributed by atoms with van der Waals surface area (Å²) < 4.78 is 13.0. The fourth-order valence-corrected chi connectivity index (χ4v) is 3.32. The van der Waals surface area contributed by atoms with Gasteiger partial charge in [0, 0.05) is 31.4 Å². The Morgan fingerprint density at radius 1 is 1.08 bits per heavy atom. The molecule has 3 nitrogen and oxygen atoms in total. The molecule has 0 amide bonds. The molecule has 0 N–H and O–H groups in total. The Morgan fingerprint density at radius 3 is 2.29 bits per heavy atom. The Labute approximate surface area is 142 Å². The van der Waals surface area contributed by atoms with Crippen LogP contribution in [0.15, 0.2) is 48.5 Å². The lowest BCUT2D eigenvalue weighted by Crippen LogP contribution is -2.43. The molecular weight excluding hydrogens is 301 g/mol. The maximum atomic E-state index is 13.0. The maximum Gasteiger partial charge on any atom is 0.123 e. The van der Waals surface area contributed by atoms with E-state index in [2.05, 4.69) is 22.9 Å². The van der Waals surface area contributed by atoms with Crippen LogP contribution in [0.1, 0.15) is 24.0 Å². The zero-order chi connectivity index (χ0) is 16.9. The highest BCUT2D eigenvalue weighted by molar-refractivity contribution is 5.50. The van der Waals surface area contributed by atoms with Crippen molar-refractivity contribution in [1.29, 1.82) is 5.26 Å². The minimum Gasteiger partial charge on any atom is -0.371 e. The molecule has 2 aromatic rings.